The van der Waals surface area contributed by atoms with E-state index in [0.717, 1.165) is 28.4 Å². The average Bonchev–Trinajstić information content (AvgIpc) is 3.10. The highest BCUT2D eigenvalue weighted by Crippen LogP contribution is 2.25. The number of hydrogen-bond acceptors (Lipinski definition) is 5. The fraction of sp³-hybridized carbons (Fsp3) is 0.200. The molecule has 0 spiro atoms. The van der Waals surface area contributed by atoms with Crippen LogP contribution in [0.15, 0.2) is 54.6 Å². The third-order valence-corrected chi connectivity index (χ3v) is 4.01. The number of aromatic nitrogens is 2. The Kier molecular flexibility index (Phi) is 5.52. The Morgan fingerprint density at radius 3 is 2.69 bits per heavy atom. The van der Waals surface area contributed by atoms with E-state index in [-0.39, 0.29) is 6.61 Å². The number of hydrogen-bond donors (Lipinski definition) is 2. The summed E-state index contributed by atoms with van der Waals surface area (Å²) in [5.74, 6) is 1.59. The van der Waals surface area contributed by atoms with Gasteiger partial charge in [0, 0.05) is 18.2 Å². The summed E-state index contributed by atoms with van der Waals surface area (Å²) in [6.45, 7) is 1.00. The van der Waals surface area contributed by atoms with Crippen LogP contribution in [0, 0.1) is 11.3 Å². The molecule has 0 aliphatic carbocycles. The van der Waals surface area contributed by atoms with Crippen molar-refractivity contribution in [2.75, 3.05) is 19.0 Å². The van der Waals surface area contributed by atoms with E-state index in [4.69, 9.17) is 10.00 Å². The molecule has 2 N–H and O–H groups in total. The lowest BCUT2D eigenvalue weighted by atomic mass is 10.1. The first-order valence-corrected chi connectivity index (χ1v) is 8.29. The molecule has 2 aromatic carbocycles. The maximum absolute atomic E-state index is 9.31. The molecule has 26 heavy (non-hydrogen) atoms. The molecule has 1 aromatic heterocycles. The second-order valence-electron chi connectivity index (χ2n) is 5.76. The molecule has 0 aliphatic rings. The largest absolute Gasteiger partial charge is 0.497 e. The zero-order valence-electron chi connectivity index (χ0n) is 14.5. The highest BCUT2D eigenvalue weighted by atomic mass is 16.5. The molecule has 6 nitrogen and oxygen atoms in total. The van der Waals surface area contributed by atoms with Gasteiger partial charge in [-0.1, -0.05) is 24.3 Å². The van der Waals surface area contributed by atoms with Crippen LogP contribution in [0.3, 0.4) is 0 Å². The number of anilines is 1. The van der Waals surface area contributed by atoms with Crippen LogP contribution in [0.4, 0.5) is 5.82 Å². The quantitative estimate of drug-likeness (QED) is 0.686. The Bertz CT molecular complexity index is 910. The van der Waals surface area contributed by atoms with Gasteiger partial charge >= 0.3 is 0 Å². The summed E-state index contributed by atoms with van der Waals surface area (Å²) in [6.07, 6.45) is 0. The second kappa shape index (κ2) is 8.19. The average molecular weight is 348 g/mol. The van der Waals surface area contributed by atoms with Gasteiger partial charge in [-0.15, -0.1) is 0 Å². The zero-order chi connectivity index (χ0) is 18.4. The number of rotatable bonds is 7. The van der Waals surface area contributed by atoms with Crippen LogP contribution in [0.25, 0.3) is 11.3 Å². The van der Waals surface area contributed by atoms with Crippen LogP contribution >= 0.6 is 0 Å². The number of ether oxygens (including phenoxy) is 1. The van der Waals surface area contributed by atoms with Crippen LogP contribution in [0.1, 0.15) is 11.1 Å². The highest BCUT2D eigenvalue weighted by Gasteiger charge is 2.10. The van der Waals surface area contributed by atoms with E-state index >= 15 is 0 Å². The van der Waals surface area contributed by atoms with Crippen LogP contribution in [0.2, 0.25) is 0 Å². The Morgan fingerprint density at radius 2 is 2.00 bits per heavy atom. The molecular weight excluding hydrogens is 328 g/mol. The molecule has 0 saturated carbocycles. The number of aliphatic hydroxyl groups is 1. The van der Waals surface area contributed by atoms with Gasteiger partial charge < -0.3 is 15.2 Å². The van der Waals surface area contributed by atoms with Gasteiger partial charge in [-0.3, -0.25) is 0 Å². The van der Waals surface area contributed by atoms with E-state index in [1.165, 1.54) is 0 Å². The van der Waals surface area contributed by atoms with E-state index < -0.39 is 0 Å². The number of nitrogens with one attached hydrogen (secondary N) is 1. The lowest BCUT2D eigenvalue weighted by Gasteiger charge is -2.08. The summed E-state index contributed by atoms with van der Waals surface area (Å²) in [4.78, 5) is 0. The normalized spacial score (nSPS) is 10.3. The predicted molar refractivity (Wildman–Crippen MR) is 99.8 cm³/mol. The smallest absolute Gasteiger partial charge is 0.125 e. The molecule has 0 saturated heterocycles. The molecular formula is C20H20N4O2. The number of methoxy groups -OCH3 is 1. The van der Waals surface area contributed by atoms with E-state index in [1.807, 2.05) is 42.5 Å². The topological polar surface area (TPSA) is 83.1 Å². The first kappa shape index (κ1) is 17.5. The minimum Gasteiger partial charge on any atom is -0.497 e. The lowest BCUT2D eigenvalue weighted by Crippen LogP contribution is -2.10. The van der Waals surface area contributed by atoms with Gasteiger partial charge in [0.05, 0.1) is 37.6 Å². The van der Waals surface area contributed by atoms with Crippen molar-refractivity contribution in [2.24, 2.45) is 0 Å². The molecule has 3 aromatic rings. The molecule has 0 unspecified atom stereocenters. The lowest BCUT2D eigenvalue weighted by molar-refractivity contribution is 0.270. The Morgan fingerprint density at radius 1 is 1.19 bits per heavy atom. The standard InChI is InChI=1S/C20H20N4O2/c1-26-18-4-2-3-17(11-18)19-12-20(24(23-19)9-10-25)22-14-16-7-5-15(13-21)6-8-16/h2-8,11-12,22,25H,9-10,14H2,1H3. The Hall–Kier alpha value is -3.30. The Labute approximate surface area is 152 Å². The van der Waals surface area contributed by atoms with E-state index in [9.17, 15) is 5.11 Å². The molecule has 0 fully saturated rings. The first-order valence-electron chi connectivity index (χ1n) is 8.29. The molecule has 3 rings (SSSR count). The maximum atomic E-state index is 9.31. The molecule has 0 amide bonds. The van der Waals surface area contributed by atoms with Gasteiger partial charge in [0.15, 0.2) is 0 Å². The van der Waals surface area contributed by atoms with E-state index in [1.54, 1.807) is 23.9 Å². The van der Waals surface area contributed by atoms with Crippen LogP contribution in [-0.2, 0) is 13.1 Å². The SMILES string of the molecule is COc1cccc(-c2cc(NCc3ccc(C#N)cc3)n(CCO)n2)c1. The third-order valence-electron chi connectivity index (χ3n) is 4.01. The summed E-state index contributed by atoms with van der Waals surface area (Å²) in [5.41, 5.74) is 3.45. The summed E-state index contributed by atoms with van der Waals surface area (Å²) < 4.78 is 7.02. The van der Waals surface area contributed by atoms with Crippen molar-refractivity contribution in [1.82, 2.24) is 9.78 Å². The van der Waals surface area contributed by atoms with Crippen molar-refractivity contribution < 1.29 is 9.84 Å². The van der Waals surface area contributed by atoms with Gasteiger partial charge in [0.25, 0.3) is 0 Å². The summed E-state index contributed by atoms with van der Waals surface area (Å²) in [6, 6.07) is 19.2. The Balaban J connectivity index is 1.81. The predicted octanol–water partition coefficient (Wildman–Crippen LogP) is 3.03. The molecule has 0 aliphatic heterocycles. The minimum absolute atomic E-state index is 0.00474. The molecule has 1 heterocycles. The minimum atomic E-state index is 0.00474. The van der Waals surface area contributed by atoms with Crippen molar-refractivity contribution in [3.63, 3.8) is 0 Å². The summed E-state index contributed by atoms with van der Waals surface area (Å²) in [7, 11) is 1.63. The number of nitrogens with zero attached hydrogens (tertiary/aromatic N) is 3. The van der Waals surface area contributed by atoms with Crippen LogP contribution in [-0.4, -0.2) is 28.6 Å². The summed E-state index contributed by atoms with van der Waals surface area (Å²) in [5, 5.41) is 26.1. The second-order valence-corrected chi connectivity index (χ2v) is 5.76. The summed E-state index contributed by atoms with van der Waals surface area (Å²) >= 11 is 0. The van der Waals surface area contributed by atoms with E-state index in [2.05, 4.69) is 16.5 Å². The molecule has 0 radical (unpaired) electrons. The van der Waals surface area contributed by atoms with E-state index in [0.29, 0.717) is 18.7 Å². The van der Waals surface area contributed by atoms with Gasteiger partial charge in [0.2, 0.25) is 0 Å². The van der Waals surface area contributed by atoms with Gasteiger partial charge in [0.1, 0.15) is 11.6 Å². The number of aliphatic hydroxyl groups excluding tert-OH is 1. The first-order chi connectivity index (χ1) is 12.7. The number of benzene rings is 2. The van der Waals surface area contributed by atoms with Gasteiger partial charge in [-0.2, -0.15) is 10.4 Å². The molecule has 0 atom stereocenters. The molecule has 132 valence electrons. The van der Waals surface area contributed by atoms with Crippen molar-refractivity contribution in [1.29, 1.82) is 5.26 Å². The third kappa shape index (κ3) is 4.02. The van der Waals surface area contributed by atoms with Crippen molar-refractivity contribution >= 4 is 5.82 Å². The van der Waals surface area contributed by atoms with Crippen LogP contribution < -0.4 is 10.1 Å². The van der Waals surface area contributed by atoms with Gasteiger partial charge in [-0.05, 0) is 29.8 Å². The molecule has 0 bridgehead atoms. The van der Waals surface area contributed by atoms with Crippen molar-refractivity contribution in [2.45, 2.75) is 13.1 Å². The fourth-order valence-corrected chi connectivity index (χ4v) is 2.64. The number of nitriles is 1. The fourth-order valence-electron chi connectivity index (χ4n) is 2.64. The van der Waals surface area contributed by atoms with Crippen LogP contribution in [0.5, 0.6) is 5.75 Å². The monoisotopic (exact) mass is 348 g/mol. The maximum Gasteiger partial charge on any atom is 0.125 e. The van der Waals surface area contributed by atoms with Crippen molar-refractivity contribution in [3.8, 4) is 23.1 Å². The van der Waals surface area contributed by atoms with Gasteiger partial charge in [-0.25, -0.2) is 4.68 Å². The zero-order valence-corrected chi connectivity index (χ0v) is 14.5. The van der Waals surface area contributed by atoms with Crippen molar-refractivity contribution in [3.05, 3.63) is 65.7 Å². The molecule has 6 heteroatoms. The highest BCUT2D eigenvalue weighted by molar-refractivity contribution is 5.64.